The van der Waals surface area contributed by atoms with Crippen molar-refractivity contribution in [2.45, 2.75) is 78.0 Å². The third-order valence-electron chi connectivity index (χ3n) is 13.9. The fourth-order valence-corrected chi connectivity index (χ4v) is 9.81. The monoisotopic (exact) mass is 1040 g/mol. The maximum atomic E-state index is 15.2. The number of hydrogen-bond donors (Lipinski definition) is 1. The van der Waals surface area contributed by atoms with Crippen molar-refractivity contribution in [2.75, 3.05) is 62.2 Å². The molecular weight excluding hydrogens is 987 g/mol. The molecule has 16 nitrogen and oxygen atoms in total. The molecule has 2 spiro atoms. The molecule has 4 saturated heterocycles. The zero-order valence-electron chi connectivity index (χ0n) is 41.5. The highest BCUT2D eigenvalue weighted by molar-refractivity contribution is 5.93. The lowest BCUT2D eigenvalue weighted by Gasteiger charge is -2.54. The van der Waals surface area contributed by atoms with Gasteiger partial charge >= 0.3 is 31.0 Å². The van der Waals surface area contributed by atoms with Crippen LogP contribution in [0, 0.1) is 22.5 Å². The van der Waals surface area contributed by atoms with Gasteiger partial charge in [-0.15, -0.1) is 20.4 Å². The van der Waals surface area contributed by atoms with E-state index in [1.807, 2.05) is 62.1 Å². The van der Waals surface area contributed by atoms with E-state index < -0.39 is 41.9 Å². The van der Waals surface area contributed by atoms with Gasteiger partial charge in [-0.1, -0.05) is 48.5 Å². The first-order valence-corrected chi connectivity index (χ1v) is 24.6. The molecule has 0 radical (unpaired) electrons. The highest BCUT2D eigenvalue weighted by Gasteiger charge is 2.49. The number of benzene rings is 4. The number of amides is 5. The maximum absolute atomic E-state index is 15.2. The summed E-state index contributed by atoms with van der Waals surface area (Å²) >= 11 is 0. The van der Waals surface area contributed by atoms with Crippen LogP contribution in [0.1, 0.15) is 82.2 Å². The number of carbonyl (C=O) groups excluding carboxylic acids is 3. The van der Waals surface area contributed by atoms with Gasteiger partial charge in [-0.2, -0.15) is 17.6 Å². The van der Waals surface area contributed by atoms with Crippen LogP contribution in [0.3, 0.4) is 0 Å². The molecule has 4 aliphatic heterocycles. The van der Waals surface area contributed by atoms with Crippen LogP contribution in [-0.2, 0) is 17.8 Å². The Hall–Kier alpha value is -7.49. The predicted molar refractivity (Wildman–Crippen MR) is 262 cm³/mol. The van der Waals surface area contributed by atoms with E-state index >= 15 is 8.78 Å². The Bertz CT molecular complexity index is 2940. The number of aromatic nitrogens is 4. The summed E-state index contributed by atoms with van der Waals surface area (Å²) in [6.45, 7) is 11.0. The number of nitrogens with zero attached hydrogens (tertiary/aromatic N) is 9. The van der Waals surface area contributed by atoms with Crippen LogP contribution < -0.4 is 15.1 Å². The number of carbonyl (C=O) groups is 3. The molecule has 5 amide bonds. The Kier molecular flexibility index (Phi) is 15.2. The average Bonchev–Trinajstić information content (AvgIpc) is 4.09. The zero-order valence-corrected chi connectivity index (χ0v) is 41.5. The van der Waals surface area contributed by atoms with Gasteiger partial charge in [0.25, 0.3) is 11.8 Å². The van der Waals surface area contributed by atoms with Crippen LogP contribution in [0.4, 0.5) is 52.1 Å². The number of piperidine rings is 2. The van der Waals surface area contributed by atoms with Gasteiger partial charge in [-0.05, 0) is 108 Å². The first-order chi connectivity index (χ1) is 35.9. The number of para-hydroxylation sites is 2. The van der Waals surface area contributed by atoms with E-state index in [1.165, 1.54) is 29.2 Å². The molecule has 396 valence electrons. The second-order valence-corrected chi connectivity index (χ2v) is 20.4. The van der Waals surface area contributed by atoms with Gasteiger partial charge in [0, 0.05) is 83.7 Å². The topological polar surface area (TPSA) is 167 Å². The number of anilines is 2. The lowest BCUT2D eigenvalue weighted by atomic mass is 9.72. The summed E-state index contributed by atoms with van der Waals surface area (Å²) in [4.78, 5) is 47.9. The standard InChI is InChI=1S/C29H32F3N5O4.C24H24F3N5O2/c1-28(2,3)41-27(39)35-13-11-29(12-14-35)17-36(18-29)26(38)37(21-7-5-4-6-8-21)16-20-10-9-19(15-22(20)30)24-33-34-25(40-24)23(31)32;25-19-12-16(21-29-30-22(34-21)20(26)27)6-7-17(19)13-32(18-4-2-1-3-5-18)23(33)31-14-24(15-31)8-10-28-11-9-24/h4-10,15,23H,11-14,16-18H2,1-3H3;1-7,12,20,28H,8-11,13-15H2. The van der Waals surface area contributed by atoms with Crippen molar-refractivity contribution >= 4 is 29.5 Å². The molecule has 2 aromatic heterocycles. The van der Waals surface area contributed by atoms with E-state index in [4.69, 9.17) is 13.6 Å². The summed E-state index contributed by atoms with van der Waals surface area (Å²) in [5.41, 5.74) is 1.70. The quantitative estimate of drug-likeness (QED) is 0.130. The lowest BCUT2D eigenvalue weighted by Crippen LogP contribution is -2.64. The second kappa shape index (κ2) is 21.8. The Labute approximate surface area is 428 Å². The van der Waals surface area contributed by atoms with Crippen molar-refractivity contribution in [1.82, 2.24) is 40.4 Å². The van der Waals surface area contributed by atoms with E-state index in [1.54, 1.807) is 39.0 Å². The van der Waals surface area contributed by atoms with Crippen LogP contribution in [0.25, 0.3) is 22.9 Å². The minimum atomic E-state index is -2.93. The van der Waals surface area contributed by atoms with Gasteiger partial charge in [-0.3, -0.25) is 9.80 Å². The van der Waals surface area contributed by atoms with E-state index in [0.717, 1.165) is 50.9 Å². The lowest BCUT2D eigenvalue weighted by molar-refractivity contribution is -0.0311. The van der Waals surface area contributed by atoms with Crippen LogP contribution >= 0.6 is 0 Å². The summed E-state index contributed by atoms with van der Waals surface area (Å²) in [6, 6.07) is 26.0. The molecular formula is C53H56F6N10O6. The van der Waals surface area contributed by atoms with E-state index in [2.05, 4.69) is 25.7 Å². The number of hydrogen-bond acceptors (Lipinski definition) is 11. The average molecular weight is 1040 g/mol. The van der Waals surface area contributed by atoms with E-state index in [-0.39, 0.29) is 76.1 Å². The largest absolute Gasteiger partial charge is 0.444 e. The number of nitrogens with one attached hydrogen (secondary N) is 1. The predicted octanol–water partition coefficient (Wildman–Crippen LogP) is 10.9. The molecule has 75 heavy (non-hydrogen) atoms. The molecule has 6 aromatic rings. The fourth-order valence-electron chi connectivity index (χ4n) is 9.81. The number of urea groups is 2. The Morgan fingerprint density at radius 2 is 1.03 bits per heavy atom. The maximum Gasteiger partial charge on any atom is 0.410 e. The van der Waals surface area contributed by atoms with Crippen molar-refractivity contribution in [3.63, 3.8) is 0 Å². The second-order valence-electron chi connectivity index (χ2n) is 20.4. The molecule has 10 rings (SSSR count). The molecule has 1 N–H and O–H groups in total. The summed E-state index contributed by atoms with van der Waals surface area (Å²) < 4.78 is 96.6. The minimum absolute atomic E-state index is 0.0200. The summed E-state index contributed by atoms with van der Waals surface area (Å²) in [5, 5.41) is 17.0. The summed E-state index contributed by atoms with van der Waals surface area (Å²) in [6.07, 6.45) is -2.54. The number of rotatable bonds is 10. The molecule has 0 aliphatic carbocycles. The van der Waals surface area contributed by atoms with Gasteiger partial charge in [0.1, 0.15) is 17.2 Å². The third kappa shape index (κ3) is 12.1. The Morgan fingerprint density at radius 1 is 0.613 bits per heavy atom. The van der Waals surface area contributed by atoms with Crippen LogP contribution in [0.2, 0.25) is 0 Å². The number of halogens is 6. The smallest absolute Gasteiger partial charge is 0.410 e. The van der Waals surface area contributed by atoms with Crippen LogP contribution in [-0.4, -0.2) is 111 Å². The molecule has 0 bridgehead atoms. The van der Waals surface area contributed by atoms with Gasteiger partial charge < -0.3 is 33.6 Å². The molecule has 0 atom stereocenters. The first-order valence-electron chi connectivity index (χ1n) is 24.6. The molecule has 4 aromatic carbocycles. The van der Waals surface area contributed by atoms with Crippen molar-refractivity contribution < 1.29 is 54.3 Å². The molecule has 4 fully saturated rings. The third-order valence-corrected chi connectivity index (χ3v) is 13.9. The molecule has 4 aliphatic rings. The molecule has 0 saturated carbocycles. The van der Waals surface area contributed by atoms with Crippen LogP contribution in [0.5, 0.6) is 0 Å². The molecule has 6 heterocycles. The van der Waals surface area contributed by atoms with Crippen molar-refractivity contribution in [2.24, 2.45) is 10.8 Å². The molecule has 0 unspecified atom stereocenters. The molecule has 22 heteroatoms. The zero-order chi connectivity index (χ0) is 53.1. The van der Waals surface area contributed by atoms with Crippen molar-refractivity contribution in [3.8, 4) is 22.9 Å². The number of ether oxygens (including phenoxy) is 1. The van der Waals surface area contributed by atoms with E-state index in [9.17, 15) is 31.9 Å². The number of likely N-dealkylation sites (tertiary alicyclic amines) is 3. The summed E-state index contributed by atoms with van der Waals surface area (Å²) in [5.74, 6) is -3.30. The van der Waals surface area contributed by atoms with Gasteiger partial charge in [0.15, 0.2) is 0 Å². The van der Waals surface area contributed by atoms with Crippen LogP contribution in [0.15, 0.2) is 106 Å². The fraction of sp³-hybridized carbons (Fsp3) is 0.415. The highest BCUT2D eigenvalue weighted by atomic mass is 19.3. The summed E-state index contributed by atoms with van der Waals surface area (Å²) in [7, 11) is 0. The first kappa shape index (κ1) is 52.4. The van der Waals surface area contributed by atoms with Crippen molar-refractivity contribution in [3.05, 3.63) is 132 Å². The minimum Gasteiger partial charge on any atom is -0.444 e. The van der Waals surface area contributed by atoms with Crippen molar-refractivity contribution in [1.29, 1.82) is 0 Å². The Morgan fingerprint density at radius 3 is 1.40 bits per heavy atom. The highest BCUT2D eigenvalue weighted by Crippen LogP contribution is 2.43. The van der Waals surface area contributed by atoms with Gasteiger partial charge in [0.2, 0.25) is 11.8 Å². The number of alkyl halides is 4. The SMILES string of the molecule is CC(C)(C)OC(=O)N1CCC2(CC1)CN(C(=O)N(Cc1ccc(-c3nnc(C(F)F)o3)cc1F)c1ccccc1)C2.O=C(N1CC2(CCNCC2)C1)N(Cc1ccc(-c2nnc(C(F)F)o2)cc1F)c1ccccc1. The van der Waals surface area contributed by atoms with E-state index in [0.29, 0.717) is 50.6 Å². The van der Waals surface area contributed by atoms with Gasteiger partial charge in [-0.25, -0.2) is 23.2 Å². The van der Waals surface area contributed by atoms with Gasteiger partial charge in [0.05, 0.1) is 13.1 Å². The Balaban J connectivity index is 0.000000187. The normalized spacial score (nSPS) is 16.8.